The first-order chi connectivity index (χ1) is 16.6. The van der Waals surface area contributed by atoms with Crippen LogP contribution in [0.3, 0.4) is 0 Å². The molecule has 2 nitrogen and oxygen atoms in total. The van der Waals surface area contributed by atoms with Crippen molar-refractivity contribution in [3.8, 4) is 24.7 Å². The number of carbonyl (C=O) groups excluding carboxylic acids is 2. The van der Waals surface area contributed by atoms with Crippen LogP contribution in [0.5, 0.6) is 0 Å². The van der Waals surface area contributed by atoms with Gasteiger partial charge in [-0.25, -0.2) is 0 Å². The van der Waals surface area contributed by atoms with E-state index in [2.05, 4.69) is 11.8 Å². The third-order valence-electron chi connectivity index (χ3n) is 6.69. The minimum Gasteiger partial charge on any atom is -0.289 e. The van der Waals surface area contributed by atoms with Crippen LogP contribution in [0.25, 0.3) is 10.8 Å². The van der Waals surface area contributed by atoms with Crippen molar-refractivity contribution in [1.82, 2.24) is 0 Å². The molecule has 168 valence electrons. The predicted octanol–water partition coefficient (Wildman–Crippen LogP) is 7.33. The minimum atomic E-state index is -0.0915. The second kappa shape index (κ2) is 10.8. The second-order valence-corrected chi connectivity index (χ2v) is 8.81. The van der Waals surface area contributed by atoms with Gasteiger partial charge in [-0.3, -0.25) is 9.59 Å². The number of fused-ring (bicyclic) bond motifs is 1. The summed E-state index contributed by atoms with van der Waals surface area (Å²) in [6.07, 6.45) is 26.2. The van der Waals surface area contributed by atoms with Gasteiger partial charge >= 0.3 is 0 Å². The molecule has 0 aromatic heterocycles. The second-order valence-electron chi connectivity index (χ2n) is 8.81. The van der Waals surface area contributed by atoms with Gasteiger partial charge in [-0.15, -0.1) is 12.8 Å². The summed E-state index contributed by atoms with van der Waals surface area (Å²) >= 11 is 0. The Bertz CT molecular complexity index is 1240. The lowest BCUT2D eigenvalue weighted by atomic mass is 9.90. The average molecular weight is 445 g/mol. The first-order valence-electron chi connectivity index (χ1n) is 12.0. The van der Waals surface area contributed by atoms with E-state index in [1.165, 1.54) is 0 Å². The molecular formula is C32H28O2. The summed E-state index contributed by atoms with van der Waals surface area (Å²) in [4.78, 5) is 26.2. The first kappa shape index (κ1) is 23.3. The minimum absolute atomic E-state index is 0.0915. The van der Waals surface area contributed by atoms with Crippen molar-refractivity contribution in [3.05, 3.63) is 94.1 Å². The van der Waals surface area contributed by atoms with E-state index in [1.54, 1.807) is 12.2 Å². The van der Waals surface area contributed by atoms with E-state index in [-0.39, 0.29) is 11.6 Å². The highest BCUT2D eigenvalue weighted by Gasteiger charge is 2.15. The molecule has 0 amide bonds. The van der Waals surface area contributed by atoms with E-state index in [0.29, 0.717) is 11.1 Å². The highest BCUT2D eigenvalue weighted by Crippen LogP contribution is 2.28. The van der Waals surface area contributed by atoms with Crippen molar-refractivity contribution in [2.75, 3.05) is 0 Å². The lowest BCUT2D eigenvalue weighted by Gasteiger charge is -2.13. The fourth-order valence-electron chi connectivity index (χ4n) is 4.83. The lowest BCUT2D eigenvalue weighted by molar-refractivity contribution is 0.103. The number of terminal acetylenes is 2. The Kier molecular flexibility index (Phi) is 7.41. The average Bonchev–Trinajstić information content (AvgIpc) is 2.89. The molecule has 0 bridgehead atoms. The van der Waals surface area contributed by atoms with Gasteiger partial charge in [0.2, 0.25) is 0 Å². The number of rotatable bonds is 6. The Balaban J connectivity index is 1.64. The number of benzene rings is 2. The molecular weight excluding hydrogens is 416 g/mol. The molecule has 2 aromatic rings. The Hall–Kier alpha value is -3.88. The summed E-state index contributed by atoms with van der Waals surface area (Å²) in [5, 5.41) is 1.54. The largest absolute Gasteiger partial charge is 0.289 e. The van der Waals surface area contributed by atoms with Crippen LogP contribution >= 0.6 is 0 Å². The summed E-state index contributed by atoms with van der Waals surface area (Å²) < 4.78 is 0. The van der Waals surface area contributed by atoms with Crippen molar-refractivity contribution in [2.24, 2.45) is 0 Å². The van der Waals surface area contributed by atoms with Crippen LogP contribution in [0.4, 0.5) is 0 Å². The number of hydrogen-bond donors (Lipinski definition) is 0. The van der Waals surface area contributed by atoms with Crippen LogP contribution in [-0.2, 0) is 0 Å². The molecule has 34 heavy (non-hydrogen) atoms. The van der Waals surface area contributed by atoms with Gasteiger partial charge in [0.25, 0.3) is 0 Å². The Labute approximate surface area is 202 Å². The molecule has 2 heteroatoms. The molecule has 0 unspecified atom stereocenters. The molecule has 2 aliphatic rings. The summed E-state index contributed by atoms with van der Waals surface area (Å²) in [7, 11) is 0. The Morgan fingerprint density at radius 3 is 1.47 bits per heavy atom. The highest BCUT2D eigenvalue weighted by molar-refractivity contribution is 6.19. The third kappa shape index (κ3) is 5.03. The van der Waals surface area contributed by atoms with Gasteiger partial charge in [0, 0.05) is 22.3 Å². The SMILES string of the molecule is C#CC1=C(/C=C/C(=O)c2cccc3c(C(=O)/C=C/C4=C(C#C)CCCC4)cccc23)CCCC1. The molecule has 2 aromatic carbocycles. The standard InChI is InChI=1S/C32H28O2/c1-3-23-11-5-7-13-25(23)19-21-31(33)29-17-9-16-28-27(29)15-10-18-30(28)32(34)22-20-26-14-8-6-12-24(26)4-2/h1-2,9-10,15-22H,5-8,11-14H2/b21-19+,22-20+. The van der Waals surface area contributed by atoms with Gasteiger partial charge in [-0.1, -0.05) is 60.4 Å². The van der Waals surface area contributed by atoms with Crippen molar-refractivity contribution in [2.45, 2.75) is 51.4 Å². The molecule has 0 radical (unpaired) electrons. The lowest BCUT2D eigenvalue weighted by Crippen LogP contribution is -2.02. The van der Waals surface area contributed by atoms with E-state index < -0.39 is 0 Å². The molecule has 0 saturated heterocycles. The van der Waals surface area contributed by atoms with Crippen LogP contribution in [0, 0.1) is 24.7 Å². The molecule has 2 aliphatic carbocycles. The van der Waals surface area contributed by atoms with Crippen LogP contribution in [0.15, 0.2) is 83.0 Å². The summed E-state index contributed by atoms with van der Waals surface area (Å²) in [5.41, 5.74) is 5.30. The number of ketones is 2. The zero-order valence-electron chi connectivity index (χ0n) is 19.4. The molecule has 0 spiro atoms. The molecule has 0 heterocycles. The van der Waals surface area contributed by atoms with Gasteiger partial charge < -0.3 is 0 Å². The molecule has 0 N–H and O–H groups in total. The van der Waals surface area contributed by atoms with Gasteiger partial charge in [0.15, 0.2) is 11.6 Å². The molecule has 0 saturated carbocycles. The van der Waals surface area contributed by atoms with E-state index >= 15 is 0 Å². The monoisotopic (exact) mass is 444 g/mol. The van der Waals surface area contributed by atoms with E-state index in [1.807, 2.05) is 48.6 Å². The zero-order chi connectivity index (χ0) is 23.9. The highest BCUT2D eigenvalue weighted by atomic mass is 16.1. The van der Waals surface area contributed by atoms with Gasteiger partial charge in [0.05, 0.1) is 0 Å². The molecule has 0 fully saturated rings. The normalized spacial score (nSPS) is 16.8. The summed E-state index contributed by atoms with van der Waals surface area (Å²) in [6.45, 7) is 0. The van der Waals surface area contributed by atoms with Gasteiger partial charge in [-0.05, 0) is 85.4 Å². The van der Waals surface area contributed by atoms with E-state index in [4.69, 9.17) is 12.8 Å². The van der Waals surface area contributed by atoms with E-state index in [0.717, 1.165) is 84.4 Å². The van der Waals surface area contributed by atoms with Crippen molar-refractivity contribution in [1.29, 1.82) is 0 Å². The quantitative estimate of drug-likeness (QED) is 0.266. The summed E-state index contributed by atoms with van der Waals surface area (Å²) in [5.74, 6) is 5.35. The fourth-order valence-corrected chi connectivity index (χ4v) is 4.83. The van der Waals surface area contributed by atoms with Gasteiger partial charge in [0.1, 0.15) is 0 Å². The maximum absolute atomic E-state index is 13.1. The van der Waals surface area contributed by atoms with Crippen molar-refractivity contribution < 1.29 is 9.59 Å². The van der Waals surface area contributed by atoms with Crippen molar-refractivity contribution in [3.63, 3.8) is 0 Å². The van der Waals surface area contributed by atoms with Gasteiger partial charge in [-0.2, -0.15) is 0 Å². The smallest absolute Gasteiger partial charge is 0.186 e. The maximum atomic E-state index is 13.1. The predicted molar refractivity (Wildman–Crippen MR) is 140 cm³/mol. The first-order valence-corrected chi connectivity index (χ1v) is 12.0. The van der Waals surface area contributed by atoms with E-state index in [9.17, 15) is 9.59 Å². The van der Waals surface area contributed by atoms with Crippen LogP contribution in [-0.4, -0.2) is 11.6 Å². The number of allylic oxidation sites excluding steroid dienone is 8. The zero-order valence-corrected chi connectivity index (χ0v) is 19.4. The number of carbonyl (C=O) groups is 2. The topological polar surface area (TPSA) is 34.1 Å². The molecule has 4 rings (SSSR count). The van der Waals surface area contributed by atoms with Crippen LogP contribution < -0.4 is 0 Å². The Morgan fingerprint density at radius 1 is 0.647 bits per heavy atom. The Morgan fingerprint density at radius 2 is 1.06 bits per heavy atom. The maximum Gasteiger partial charge on any atom is 0.186 e. The molecule has 0 aliphatic heterocycles. The number of hydrogen-bond acceptors (Lipinski definition) is 2. The fraction of sp³-hybridized carbons (Fsp3) is 0.250. The van der Waals surface area contributed by atoms with Crippen molar-refractivity contribution >= 4 is 22.3 Å². The van der Waals surface area contributed by atoms with Crippen LogP contribution in [0.1, 0.15) is 72.1 Å². The summed E-state index contributed by atoms with van der Waals surface area (Å²) in [6, 6.07) is 11.1. The third-order valence-corrected chi connectivity index (χ3v) is 6.69. The molecule has 0 atom stereocenters. The van der Waals surface area contributed by atoms with Crippen LogP contribution in [0.2, 0.25) is 0 Å².